The van der Waals surface area contributed by atoms with Crippen molar-refractivity contribution in [2.45, 2.75) is 19.9 Å². The number of hydrogen-bond acceptors (Lipinski definition) is 6. The molecule has 0 radical (unpaired) electrons. The first-order chi connectivity index (χ1) is 15.1. The minimum Gasteiger partial charge on any atom is -0.268 e. The van der Waals surface area contributed by atoms with Crippen molar-refractivity contribution in [2.75, 3.05) is 4.90 Å². The Morgan fingerprint density at radius 2 is 1.68 bits per heavy atom. The highest BCUT2D eigenvalue weighted by Crippen LogP contribution is 2.36. The van der Waals surface area contributed by atoms with Crippen LogP contribution in [0.3, 0.4) is 0 Å². The molecule has 0 bridgehead atoms. The third-order valence-electron chi connectivity index (χ3n) is 5.18. The number of nitrogens with one attached hydrogen (secondary N) is 1. The summed E-state index contributed by atoms with van der Waals surface area (Å²) in [4.78, 5) is 27.5. The van der Waals surface area contributed by atoms with Crippen LogP contribution in [-0.2, 0) is 13.0 Å². The predicted octanol–water partition coefficient (Wildman–Crippen LogP) is 2.61. The molecular weight excluding hydrogens is 401 g/mol. The van der Waals surface area contributed by atoms with E-state index >= 15 is 0 Å². The summed E-state index contributed by atoms with van der Waals surface area (Å²) >= 11 is 0. The number of carbonyl (C=O) groups excluding carboxylic acids is 2. The average molecular weight is 417 g/mol. The van der Waals surface area contributed by atoms with Crippen LogP contribution in [0.4, 0.5) is 10.2 Å². The summed E-state index contributed by atoms with van der Waals surface area (Å²) in [5.74, 6) is -0.523. The molecule has 1 aliphatic heterocycles. The number of imide groups is 1. The van der Waals surface area contributed by atoms with Crippen molar-refractivity contribution in [2.24, 2.45) is 0 Å². The summed E-state index contributed by atoms with van der Waals surface area (Å²) in [5, 5.41) is 18.5. The Morgan fingerprint density at radius 3 is 2.26 bits per heavy atom. The molecule has 0 atom stereocenters. The topological polar surface area (TPSA) is 110 Å². The van der Waals surface area contributed by atoms with Crippen molar-refractivity contribution in [1.29, 1.82) is 0 Å². The molecule has 0 fully saturated rings. The zero-order chi connectivity index (χ0) is 21.5. The van der Waals surface area contributed by atoms with Crippen LogP contribution in [0.15, 0.2) is 48.5 Å². The van der Waals surface area contributed by atoms with Gasteiger partial charge in [-0.05, 0) is 42.8 Å². The van der Waals surface area contributed by atoms with Gasteiger partial charge in [0.05, 0.1) is 16.8 Å². The summed E-state index contributed by atoms with van der Waals surface area (Å²) in [6.07, 6.45) is 0.488. The summed E-state index contributed by atoms with van der Waals surface area (Å²) in [6.45, 7) is 2.00. The van der Waals surface area contributed by atoms with E-state index in [2.05, 4.69) is 25.7 Å². The molecule has 4 aromatic rings. The minimum atomic E-state index is -0.421. The molecule has 0 saturated heterocycles. The van der Waals surface area contributed by atoms with Gasteiger partial charge in [0, 0.05) is 11.1 Å². The maximum atomic E-state index is 13.5. The second-order valence-corrected chi connectivity index (χ2v) is 6.99. The van der Waals surface area contributed by atoms with Crippen molar-refractivity contribution >= 4 is 17.6 Å². The molecule has 10 heteroatoms. The van der Waals surface area contributed by atoms with Gasteiger partial charge in [-0.1, -0.05) is 24.3 Å². The second kappa shape index (κ2) is 7.24. The maximum Gasteiger partial charge on any atom is 0.267 e. The van der Waals surface area contributed by atoms with Gasteiger partial charge in [-0.2, -0.15) is 10.3 Å². The van der Waals surface area contributed by atoms with Crippen LogP contribution >= 0.6 is 0 Å². The van der Waals surface area contributed by atoms with Gasteiger partial charge >= 0.3 is 0 Å². The van der Waals surface area contributed by atoms with Gasteiger partial charge in [-0.3, -0.25) is 9.59 Å². The summed E-state index contributed by atoms with van der Waals surface area (Å²) < 4.78 is 15.0. The number of H-pyrrole nitrogens is 1. The third-order valence-corrected chi connectivity index (χ3v) is 5.18. The van der Waals surface area contributed by atoms with E-state index in [1.54, 1.807) is 36.4 Å². The summed E-state index contributed by atoms with van der Waals surface area (Å²) in [7, 11) is 0. The lowest BCUT2D eigenvalue weighted by Gasteiger charge is -2.17. The van der Waals surface area contributed by atoms with Gasteiger partial charge in [-0.15, -0.1) is 10.2 Å². The van der Waals surface area contributed by atoms with Gasteiger partial charge in [-0.25, -0.2) is 14.0 Å². The Hall–Kier alpha value is -4.21. The fraction of sp³-hybridized carbons (Fsp3) is 0.143. The molecule has 0 spiro atoms. The number of fused-ring (bicyclic) bond motifs is 1. The average Bonchev–Trinajstić information content (AvgIpc) is 3.48. The third kappa shape index (κ3) is 3.00. The van der Waals surface area contributed by atoms with Gasteiger partial charge < -0.3 is 0 Å². The van der Waals surface area contributed by atoms with E-state index in [4.69, 9.17) is 0 Å². The highest BCUT2D eigenvalue weighted by molar-refractivity contribution is 6.34. The predicted molar refractivity (Wildman–Crippen MR) is 108 cm³/mol. The molecule has 3 heterocycles. The standard InChI is InChI=1S/C21H16FN7O2/c1-2-14-18(12-7-9-13(22)10-8-12)25-28(11-17-23-26-27-24-17)19(14)29-20(30)15-5-3-4-6-16(15)21(29)31/h3-10H,2,11H2,1H3,(H,23,24,26,27). The van der Waals surface area contributed by atoms with E-state index < -0.39 is 11.8 Å². The first-order valence-corrected chi connectivity index (χ1v) is 9.64. The molecular formula is C21H16FN7O2. The fourth-order valence-electron chi connectivity index (χ4n) is 3.78. The number of amides is 2. The fourth-order valence-corrected chi connectivity index (χ4v) is 3.78. The number of tetrazole rings is 1. The zero-order valence-electron chi connectivity index (χ0n) is 16.4. The Kier molecular flexibility index (Phi) is 4.39. The largest absolute Gasteiger partial charge is 0.268 e. The quantitative estimate of drug-likeness (QED) is 0.500. The molecule has 2 amide bonds. The first kappa shape index (κ1) is 18.8. The van der Waals surface area contributed by atoms with E-state index in [-0.39, 0.29) is 12.4 Å². The van der Waals surface area contributed by atoms with E-state index in [0.29, 0.717) is 46.0 Å². The van der Waals surface area contributed by atoms with Crippen LogP contribution in [0, 0.1) is 5.82 Å². The van der Waals surface area contributed by atoms with Crippen molar-refractivity contribution in [3.63, 3.8) is 0 Å². The number of halogens is 1. The SMILES string of the molecule is CCc1c(-c2ccc(F)cc2)nn(Cc2nn[nH]n2)c1N1C(=O)c2ccccc2C1=O. The van der Waals surface area contributed by atoms with E-state index in [9.17, 15) is 14.0 Å². The Labute approximate surface area is 175 Å². The second-order valence-electron chi connectivity index (χ2n) is 6.99. The molecule has 0 saturated carbocycles. The molecule has 1 N–H and O–H groups in total. The molecule has 5 rings (SSSR count). The molecule has 9 nitrogen and oxygen atoms in total. The molecule has 0 aliphatic carbocycles. The number of nitrogens with zero attached hydrogens (tertiary/aromatic N) is 6. The normalized spacial score (nSPS) is 13.2. The lowest BCUT2D eigenvalue weighted by atomic mass is 10.1. The Bertz CT molecular complexity index is 1260. The number of benzene rings is 2. The van der Waals surface area contributed by atoms with Gasteiger partial charge in [0.2, 0.25) is 0 Å². The highest BCUT2D eigenvalue weighted by atomic mass is 19.1. The number of hydrogen-bond donors (Lipinski definition) is 1. The van der Waals surface area contributed by atoms with Crippen LogP contribution in [0.1, 0.15) is 39.0 Å². The summed E-state index contributed by atoms with van der Waals surface area (Å²) in [6, 6.07) is 12.6. The van der Waals surface area contributed by atoms with E-state index in [0.717, 1.165) is 4.90 Å². The Morgan fingerprint density at radius 1 is 1.00 bits per heavy atom. The van der Waals surface area contributed by atoms with Crippen molar-refractivity contribution in [1.82, 2.24) is 30.4 Å². The minimum absolute atomic E-state index is 0.0907. The molecule has 31 heavy (non-hydrogen) atoms. The van der Waals surface area contributed by atoms with E-state index in [1.165, 1.54) is 16.8 Å². The number of anilines is 1. The molecule has 0 unspecified atom stereocenters. The number of carbonyl (C=O) groups is 2. The Balaban J connectivity index is 1.71. The van der Waals surface area contributed by atoms with Crippen LogP contribution in [0.2, 0.25) is 0 Å². The smallest absolute Gasteiger partial charge is 0.267 e. The maximum absolute atomic E-state index is 13.5. The summed E-state index contributed by atoms with van der Waals surface area (Å²) in [5.41, 5.74) is 2.58. The molecule has 2 aromatic heterocycles. The monoisotopic (exact) mass is 417 g/mol. The first-order valence-electron chi connectivity index (χ1n) is 9.64. The van der Waals surface area contributed by atoms with Crippen LogP contribution in [0.25, 0.3) is 11.3 Å². The van der Waals surface area contributed by atoms with Crippen molar-refractivity contribution < 1.29 is 14.0 Å². The van der Waals surface area contributed by atoms with Gasteiger partial charge in [0.25, 0.3) is 11.8 Å². The van der Waals surface area contributed by atoms with E-state index in [1.807, 2.05) is 6.92 Å². The van der Waals surface area contributed by atoms with Crippen molar-refractivity contribution in [3.05, 3.63) is 76.9 Å². The van der Waals surface area contributed by atoms with Gasteiger partial charge in [0.1, 0.15) is 18.2 Å². The number of rotatable bonds is 5. The lowest BCUT2D eigenvalue weighted by molar-refractivity contribution is 0.0923. The molecule has 154 valence electrons. The molecule has 2 aromatic carbocycles. The van der Waals surface area contributed by atoms with Crippen LogP contribution < -0.4 is 4.90 Å². The van der Waals surface area contributed by atoms with Crippen LogP contribution in [-0.4, -0.2) is 42.2 Å². The zero-order valence-corrected chi connectivity index (χ0v) is 16.4. The van der Waals surface area contributed by atoms with Gasteiger partial charge in [0.15, 0.2) is 5.82 Å². The highest BCUT2D eigenvalue weighted by Gasteiger charge is 2.40. The van der Waals surface area contributed by atoms with Crippen LogP contribution in [0.5, 0.6) is 0 Å². The number of aromatic amines is 1. The lowest BCUT2D eigenvalue weighted by Crippen LogP contribution is -2.32. The number of aromatic nitrogens is 6. The van der Waals surface area contributed by atoms with Crippen molar-refractivity contribution in [3.8, 4) is 11.3 Å². The molecule has 1 aliphatic rings.